The summed E-state index contributed by atoms with van der Waals surface area (Å²) in [4.78, 5) is 21.6. The number of benzene rings is 1. The van der Waals surface area contributed by atoms with E-state index in [0.29, 0.717) is 22.4 Å². The van der Waals surface area contributed by atoms with Crippen LogP contribution in [0, 0.1) is 13.8 Å². The first-order valence-electron chi connectivity index (χ1n) is 12.1. The van der Waals surface area contributed by atoms with Gasteiger partial charge in [0.25, 0.3) is 0 Å². The quantitative estimate of drug-likeness (QED) is 0.282. The van der Waals surface area contributed by atoms with E-state index in [1.807, 2.05) is 68.6 Å². The van der Waals surface area contributed by atoms with Crippen LogP contribution in [-0.4, -0.2) is 56.3 Å². The second-order valence-electron chi connectivity index (χ2n) is 9.01. The Balaban J connectivity index is 1.29. The minimum absolute atomic E-state index is 0.202. The maximum Gasteiger partial charge on any atom is 0.325 e. The molecule has 0 saturated carbocycles. The maximum absolute atomic E-state index is 6.69. The van der Waals surface area contributed by atoms with Gasteiger partial charge in [-0.1, -0.05) is 17.7 Å². The molecule has 0 amide bonds. The Hall–Kier alpha value is -4.31. The number of nitrogens with zero attached hydrogens (tertiary/aromatic N) is 6. The normalized spacial score (nSPS) is 13.8. The average Bonchev–Trinajstić information content (AvgIpc) is 3.51. The van der Waals surface area contributed by atoms with E-state index in [1.165, 1.54) is 0 Å². The van der Waals surface area contributed by atoms with Gasteiger partial charge in [0.15, 0.2) is 5.82 Å². The van der Waals surface area contributed by atoms with Gasteiger partial charge in [-0.2, -0.15) is 15.1 Å². The summed E-state index contributed by atoms with van der Waals surface area (Å²) in [5.41, 5.74) is 2.92. The Bertz CT molecular complexity index is 1540. The van der Waals surface area contributed by atoms with Crippen LogP contribution in [0.25, 0.3) is 10.9 Å². The highest BCUT2D eigenvalue weighted by molar-refractivity contribution is 6.37. The van der Waals surface area contributed by atoms with Gasteiger partial charge in [-0.3, -0.25) is 5.10 Å². The van der Waals surface area contributed by atoms with Gasteiger partial charge in [0.1, 0.15) is 23.2 Å². The van der Waals surface area contributed by atoms with Gasteiger partial charge < -0.3 is 24.8 Å². The molecule has 5 aromatic rings. The highest BCUT2D eigenvalue weighted by atomic mass is 35.5. The van der Waals surface area contributed by atoms with Crippen molar-refractivity contribution in [1.82, 2.24) is 30.1 Å². The summed E-state index contributed by atoms with van der Waals surface area (Å²) in [5.74, 6) is 3.47. The summed E-state index contributed by atoms with van der Waals surface area (Å²) in [6.07, 6.45) is 1.82. The molecule has 4 aromatic heterocycles. The molecule has 3 N–H and O–H groups in total. The van der Waals surface area contributed by atoms with Crippen molar-refractivity contribution in [2.75, 3.05) is 41.3 Å². The number of nitrogens with one attached hydrogen (secondary N) is 3. The second-order valence-corrected chi connectivity index (χ2v) is 9.39. The molecule has 0 bridgehead atoms. The number of aryl methyl sites for hydroxylation is 2. The lowest BCUT2D eigenvalue weighted by Crippen LogP contribution is -2.47. The van der Waals surface area contributed by atoms with E-state index in [1.54, 1.807) is 0 Å². The number of fused-ring (bicyclic) bond motifs is 1. The van der Waals surface area contributed by atoms with E-state index < -0.39 is 0 Å². The van der Waals surface area contributed by atoms with Crippen molar-refractivity contribution in [2.24, 2.45) is 0 Å². The first-order valence-corrected chi connectivity index (χ1v) is 12.4. The zero-order valence-corrected chi connectivity index (χ0v) is 21.3. The van der Waals surface area contributed by atoms with E-state index >= 15 is 0 Å². The molecular weight excluding hydrogens is 490 g/mol. The van der Waals surface area contributed by atoms with Crippen molar-refractivity contribution >= 4 is 45.8 Å². The van der Waals surface area contributed by atoms with E-state index in [-0.39, 0.29) is 6.01 Å². The lowest BCUT2D eigenvalue weighted by Gasteiger charge is -2.36. The molecule has 0 aliphatic carbocycles. The first kappa shape index (κ1) is 23.1. The SMILES string of the molecule is Cc1cc(Nc2cc(N3CCN(c4ccccn4)CC3)nc(Oc3ccc4[nH]c(C)cc4c3Cl)n2)n[nH]1. The summed E-state index contributed by atoms with van der Waals surface area (Å²) in [6, 6.07) is 15.8. The number of aromatic amines is 2. The van der Waals surface area contributed by atoms with Crippen LogP contribution in [0.4, 0.5) is 23.3 Å². The van der Waals surface area contributed by atoms with Crippen molar-refractivity contribution in [3.63, 3.8) is 0 Å². The first-order chi connectivity index (χ1) is 18.0. The fraction of sp³-hybridized carbons (Fsp3) is 0.231. The summed E-state index contributed by atoms with van der Waals surface area (Å²) >= 11 is 6.69. The Labute approximate surface area is 218 Å². The van der Waals surface area contributed by atoms with Crippen LogP contribution >= 0.6 is 11.6 Å². The number of H-pyrrole nitrogens is 2. The predicted molar refractivity (Wildman–Crippen MR) is 145 cm³/mol. The molecule has 11 heteroatoms. The van der Waals surface area contributed by atoms with Crippen molar-refractivity contribution in [3.05, 3.63) is 71.1 Å². The van der Waals surface area contributed by atoms with E-state index in [4.69, 9.17) is 21.3 Å². The summed E-state index contributed by atoms with van der Waals surface area (Å²) in [6.45, 7) is 7.15. The van der Waals surface area contributed by atoms with Crippen molar-refractivity contribution in [2.45, 2.75) is 13.8 Å². The van der Waals surface area contributed by atoms with Gasteiger partial charge in [0.05, 0.1) is 5.02 Å². The van der Waals surface area contributed by atoms with Gasteiger partial charge in [-0.05, 0) is 44.2 Å². The number of halogens is 1. The van der Waals surface area contributed by atoms with Crippen LogP contribution < -0.4 is 19.9 Å². The van der Waals surface area contributed by atoms with Gasteiger partial charge in [-0.15, -0.1) is 0 Å². The summed E-state index contributed by atoms with van der Waals surface area (Å²) < 4.78 is 6.15. The number of rotatable bonds is 6. The van der Waals surface area contributed by atoms with E-state index in [0.717, 1.165) is 60.1 Å². The van der Waals surface area contributed by atoms with Crippen LogP contribution in [0.5, 0.6) is 11.8 Å². The fourth-order valence-corrected chi connectivity index (χ4v) is 4.73. The molecule has 1 aromatic carbocycles. The maximum atomic E-state index is 6.69. The highest BCUT2D eigenvalue weighted by Crippen LogP contribution is 2.36. The van der Waals surface area contributed by atoms with Gasteiger partial charge in [0.2, 0.25) is 0 Å². The zero-order chi connectivity index (χ0) is 25.4. The third-order valence-electron chi connectivity index (χ3n) is 6.27. The molecule has 1 saturated heterocycles. The van der Waals surface area contributed by atoms with Crippen LogP contribution in [0.15, 0.2) is 54.7 Å². The molecule has 1 fully saturated rings. The molecule has 5 heterocycles. The molecule has 1 aliphatic rings. The number of piperazine rings is 1. The van der Waals surface area contributed by atoms with Crippen molar-refractivity contribution in [1.29, 1.82) is 0 Å². The number of hydrogen-bond donors (Lipinski definition) is 3. The highest BCUT2D eigenvalue weighted by Gasteiger charge is 2.21. The van der Waals surface area contributed by atoms with E-state index in [9.17, 15) is 0 Å². The molecule has 10 nitrogen and oxygen atoms in total. The lowest BCUT2D eigenvalue weighted by molar-refractivity contribution is 0.443. The van der Waals surface area contributed by atoms with Gasteiger partial charge >= 0.3 is 6.01 Å². The second kappa shape index (κ2) is 9.62. The number of anilines is 4. The van der Waals surface area contributed by atoms with E-state index in [2.05, 4.69) is 40.3 Å². The Morgan fingerprint density at radius 3 is 2.43 bits per heavy atom. The van der Waals surface area contributed by atoms with Gasteiger partial charge in [0, 0.05) is 66.8 Å². The zero-order valence-electron chi connectivity index (χ0n) is 20.5. The van der Waals surface area contributed by atoms with Crippen LogP contribution in [0.2, 0.25) is 5.02 Å². The Morgan fingerprint density at radius 1 is 0.892 bits per heavy atom. The third-order valence-corrected chi connectivity index (χ3v) is 6.66. The molecule has 188 valence electrons. The molecule has 37 heavy (non-hydrogen) atoms. The predicted octanol–water partition coefficient (Wildman–Crippen LogP) is 5.21. The molecule has 0 spiro atoms. The minimum Gasteiger partial charge on any atom is -0.423 e. The van der Waals surface area contributed by atoms with Gasteiger partial charge in [-0.25, -0.2) is 4.98 Å². The van der Waals surface area contributed by atoms with Crippen LogP contribution in [0.3, 0.4) is 0 Å². The molecule has 1 aliphatic heterocycles. The minimum atomic E-state index is 0.202. The number of ether oxygens (including phenoxy) is 1. The average molecular weight is 516 g/mol. The molecule has 6 rings (SSSR count). The fourth-order valence-electron chi connectivity index (χ4n) is 4.47. The van der Waals surface area contributed by atoms with Crippen molar-refractivity contribution < 1.29 is 4.74 Å². The molecule has 0 atom stereocenters. The monoisotopic (exact) mass is 515 g/mol. The standard InChI is InChI=1S/C26H26ClN9O/c1-16-13-18-19(29-16)6-7-20(25(18)27)37-26-31-21(30-22-14-17(2)33-34-22)15-24(32-26)36-11-9-35(10-12-36)23-5-3-4-8-28-23/h3-8,13-15,29H,9-12H2,1-2H3,(H2,30,31,32,33,34). The van der Waals surface area contributed by atoms with Crippen LogP contribution in [-0.2, 0) is 0 Å². The molecule has 0 unspecified atom stereocenters. The van der Waals surface area contributed by atoms with Crippen LogP contribution in [0.1, 0.15) is 11.4 Å². The summed E-state index contributed by atoms with van der Waals surface area (Å²) in [5, 5.41) is 11.9. The summed E-state index contributed by atoms with van der Waals surface area (Å²) in [7, 11) is 0. The largest absolute Gasteiger partial charge is 0.423 e. The Morgan fingerprint density at radius 2 is 1.70 bits per heavy atom. The third kappa shape index (κ3) is 4.88. The van der Waals surface area contributed by atoms with Crippen molar-refractivity contribution in [3.8, 4) is 11.8 Å². The smallest absolute Gasteiger partial charge is 0.325 e. The lowest BCUT2D eigenvalue weighted by atomic mass is 10.2. The topological polar surface area (TPSA) is 111 Å². The molecular formula is C26H26ClN9O. The number of pyridine rings is 1. The number of hydrogen-bond acceptors (Lipinski definition) is 8. The Kier molecular flexibility index (Phi) is 6.01. The molecule has 0 radical (unpaired) electrons. The number of aromatic nitrogens is 6.